The van der Waals surface area contributed by atoms with Crippen molar-refractivity contribution in [3.63, 3.8) is 0 Å². The first-order chi connectivity index (χ1) is 7.43. The first-order valence-electron chi connectivity index (χ1n) is 4.91. The number of hydrogen-bond acceptors (Lipinski definition) is 5. The summed E-state index contributed by atoms with van der Waals surface area (Å²) < 4.78 is 0. The van der Waals surface area contributed by atoms with Crippen LogP contribution in [0.1, 0.15) is 0 Å². The maximum absolute atomic E-state index is 3.19. The molecule has 5 heteroatoms. The van der Waals surface area contributed by atoms with E-state index in [1.807, 2.05) is 12.4 Å². The lowest BCUT2D eigenvalue weighted by atomic mass is 10.5. The molecule has 15 heavy (non-hydrogen) atoms. The monoisotopic (exact) mass is 220 g/mol. The van der Waals surface area contributed by atoms with E-state index >= 15 is 0 Å². The quantitative estimate of drug-likeness (QED) is 0.789. The standard InChI is InChI=1S/C10H12N4S/c1-5-11-13(7-1)9-3-4-10(15-9)14-8-2-6-12-14/h1-6,11-12H,7-8H2. The van der Waals surface area contributed by atoms with Crippen LogP contribution in [-0.2, 0) is 0 Å². The Morgan fingerprint density at radius 2 is 1.47 bits per heavy atom. The van der Waals surface area contributed by atoms with Gasteiger partial charge in [0, 0.05) is 12.4 Å². The second-order valence-electron chi connectivity index (χ2n) is 3.40. The molecule has 3 heterocycles. The van der Waals surface area contributed by atoms with Crippen molar-refractivity contribution in [2.24, 2.45) is 0 Å². The molecule has 0 saturated carbocycles. The van der Waals surface area contributed by atoms with E-state index in [0.29, 0.717) is 0 Å². The Kier molecular flexibility index (Phi) is 2.03. The Balaban J connectivity index is 1.75. The fourth-order valence-corrected chi connectivity index (χ4v) is 2.58. The van der Waals surface area contributed by atoms with Gasteiger partial charge in [0.15, 0.2) is 0 Å². The largest absolute Gasteiger partial charge is 0.305 e. The van der Waals surface area contributed by atoms with Crippen LogP contribution in [0.25, 0.3) is 0 Å². The summed E-state index contributed by atoms with van der Waals surface area (Å²) in [5.41, 5.74) is 6.37. The first-order valence-corrected chi connectivity index (χ1v) is 5.72. The van der Waals surface area contributed by atoms with Crippen molar-refractivity contribution >= 4 is 21.3 Å². The highest BCUT2D eigenvalue weighted by Crippen LogP contribution is 2.32. The molecule has 0 aromatic carbocycles. The number of anilines is 2. The van der Waals surface area contributed by atoms with Gasteiger partial charge in [-0.15, -0.1) is 0 Å². The normalized spacial score (nSPS) is 18.4. The fourth-order valence-electron chi connectivity index (χ4n) is 1.62. The van der Waals surface area contributed by atoms with Crippen LogP contribution < -0.4 is 20.9 Å². The van der Waals surface area contributed by atoms with Crippen LogP contribution >= 0.6 is 11.3 Å². The molecular weight excluding hydrogens is 208 g/mol. The molecule has 0 radical (unpaired) electrons. The van der Waals surface area contributed by atoms with E-state index in [0.717, 1.165) is 13.1 Å². The average molecular weight is 220 g/mol. The van der Waals surface area contributed by atoms with Crippen LogP contribution in [0.15, 0.2) is 36.7 Å². The molecule has 78 valence electrons. The first kappa shape index (κ1) is 8.67. The van der Waals surface area contributed by atoms with E-state index in [4.69, 9.17) is 0 Å². The van der Waals surface area contributed by atoms with Crippen molar-refractivity contribution < 1.29 is 0 Å². The summed E-state index contributed by atoms with van der Waals surface area (Å²) in [4.78, 5) is 0. The number of thiophene rings is 1. The highest BCUT2D eigenvalue weighted by atomic mass is 32.1. The van der Waals surface area contributed by atoms with Crippen molar-refractivity contribution in [1.29, 1.82) is 0 Å². The fraction of sp³-hybridized carbons (Fsp3) is 0.200. The lowest BCUT2D eigenvalue weighted by molar-refractivity contribution is 0.850. The zero-order valence-electron chi connectivity index (χ0n) is 8.18. The zero-order chi connectivity index (χ0) is 10.1. The molecule has 0 amide bonds. The molecule has 0 aliphatic carbocycles. The van der Waals surface area contributed by atoms with Crippen molar-refractivity contribution in [3.05, 3.63) is 36.7 Å². The van der Waals surface area contributed by atoms with Crippen LogP contribution in [0, 0.1) is 0 Å². The smallest absolute Gasteiger partial charge is 0.112 e. The molecule has 0 spiro atoms. The Hall–Kier alpha value is -1.62. The molecule has 2 aliphatic rings. The van der Waals surface area contributed by atoms with Crippen LogP contribution in [0.3, 0.4) is 0 Å². The lowest BCUT2D eigenvalue weighted by Crippen LogP contribution is -2.29. The maximum atomic E-state index is 3.19. The minimum absolute atomic E-state index is 0.936. The number of hydrazine groups is 2. The second kappa shape index (κ2) is 3.51. The highest BCUT2D eigenvalue weighted by Gasteiger charge is 2.14. The molecule has 4 nitrogen and oxygen atoms in total. The molecule has 0 saturated heterocycles. The van der Waals surface area contributed by atoms with Crippen molar-refractivity contribution in [2.75, 3.05) is 23.1 Å². The molecule has 3 rings (SSSR count). The van der Waals surface area contributed by atoms with E-state index < -0.39 is 0 Å². The average Bonchev–Trinajstić information content (AvgIpc) is 3.02. The molecule has 1 aromatic heterocycles. The van der Waals surface area contributed by atoms with E-state index in [9.17, 15) is 0 Å². The third kappa shape index (κ3) is 1.55. The summed E-state index contributed by atoms with van der Waals surface area (Å²) in [5.74, 6) is 0. The predicted octanol–water partition coefficient (Wildman–Crippen LogP) is 1.42. The van der Waals surface area contributed by atoms with Crippen LogP contribution in [0.5, 0.6) is 0 Å². The van der Waals surface area contributed by atoms with E-state index in [1.165, 1.54) is 10.0 Å². The zero-order valence-corrected chi connectivity index (χ0v) is 9.00. The summed E-state index contributed by atoms with van der Waals surface area (Å²) in [5, 5.41) is 6.72. The van der Waals surface area contributed by atoms with Gasteiger partial charge in [-0.25, -0.2) is 0 Å². The Morgan fingerprint density at radius 1 is 0.933 bits per heavy atom. The number of rotatable bonds is 2. The maximum Gasteiger partial charge on any atom is 0.112 e. The van der Waals surface area contributed by atoms with Crippen LogP contribution in [0.2, 0.25) is 0 Å². The number of nitrogens with zero attached hydrogens (tertiary/aromatic N) is 2. The summed E-state index contributed by atoms with van der Waals surface area (Å²) in [6.45, 7) is 1.87. The third-order valence-electron chi connectivity index (χ3n) is 2.38. The van der Waals surface area contributed by atoms with Gasteiger partial charge >= 0.3 is 0 Å². The molecule has 2 N–H and O–H groups in total. The van der Waals surface area contributed by atoms with E-state index in [2.05, 4.69) is 45.2 Å². The van der Waals surface area contributed by atoms with Gasteiger partial charge < -0.3 is 10.9 Å². The van der Waals surface area contributed by atoms with Gasteiger partial charge in [-0.05, 0) is 24.3 Å². The molecule has 0 fully saturated rings. The van der Waals surface area contributed by atoms with Gasteiger partial charge in [0.25, 0.3) is 0 Å². The molecular formula is C10H12N4S. The summed E-state index contributed by atoms with van der Waals surface area (Å²) >= 11 is 1.77. The van der Waals surface area contributed by atoms with E-state index in [1.54, 1.807) is 11.3 Å². The minimum Gasteiger partial charge on any atom is -0.305 e. The summed E-state index contributed by atoms with van der Waals surface area (Å²) in [6.07, 6.45) is 8.15. The molecule has 0 bridgehead atoms. The lowest BCUT2D eigenvalue weighted by Gasteiger charge is -2.17. The van der Waals surface area contributed by atoms with Crippen LogP contribution in [-0.4, -0.2) is 13.1 Å². The Morgan fingerprint density at radius 3 is 1.87 bits per heavy atom. The number of hydrogen-bond donors (Lipinski definition) is 2. The molecule has 2 aliphatic heterocycles. The number of nitrogens with one attached hydrogen (secondary N) is 2. The van der Waals surface area contributed by atoms with Gasteiger partial charge in [-0.2, -0.15) is 0 Å². The van der Waals surface area contributed by atoms with Gasteiger partial charge in [0.05, 0.1) is 13.1 Å². The second-order valence-corrected chi connectivity index (χ2v) is 4.44. The molecule has 1 aromatic rings. The van der Waals surface area contributed by atoms with Gasteiger partial charge in [-0.3, -0.25) is 10.0 Å². The topological polar surface area (TPSA) is 30.5 Å². The Labute approximate surface area is 92.4 Å². The predicted molar refractivity (Wildman–Crippen MR) is 63.6 cm³/mol. The van der Waals surface area contributed by atoms with E-state index in [-0.39, 0.29) is 0 Å². The minimum atomic E-state index is 0.936. The summed E-state index contributed by atoms with van der Waals surface area (Å²) in [7, 11) is 0. The molecule has 0 unspecified atom stereocenters. The van der Waals surface area contributed by atoms with Gasteiger partial charge in [-0.1, -0.05) is 11.3 Å². The molecule has 0 atom stereocenters. The summed E-state index contributed by atoms with van der Waals surface area (Å²) in [6, 6.07) is 4.28. The van der Waals surface area contributed by atoms with Crippen molar-refractivity contribution in [1.82, 2.24) is 10.9 Å². The van der Waals surface area contributed by atoms with Crippen LogP contribution in [0.4, 0.5) is 10.0 Å². The van der Waals surface area contributed by atoms with Gasteiger partial charge in [0.2, 0.25) is 0 Å². The van der Waals surface area contributed by atoms with Crippen molar-refractivity contribution in [3.8, 4) is 0 Å². The third-order valence-corrected chi connectivity index (χ3v) is 3.51. The van der Waals surface area contributed by atoms with Crippen molar-refractivity contribution in [2.45, 2.75) is 0 Å². The Bertz CT molecular complexity index is 357. The highest BCUT2D eigenvalue weighted by molar-refractivity contribution is 7.20. The van der Waals surface area contributed by atoms with Gasteiger partial charge in [0.1, 0.15) is 10.0 Å². The SMILES string of the molecule is C1=CNN(c2ccc(N3CC=CN3)s2)C1.